The fourth-order valence-corrected chi connectivity index (χ4v) is 2.80. The highest BCUT2D eigenvalue weighted by atomic mass is 32.2. The molecule has 108 valence electrons. The number of nitrogens with one attached hydrogen (secondary N) is 1. The molecule has 0 spiro atoms. The van der Waals surface area contributed by atoms with E-state index in [1.165, 1.54) is 17.1 Å². The van der Waals surface area contributed by atoms with Gasteiger partial charge >= 0.3 is 0 Å². The second-order valence-electron chi connectivity index (χ2n) is 5.06. The van der Waals surface area contributed by atoms with Crippen LogP contribution in [0.15, 0.2) is 0 Å². The van der Waals surface area contributed by atoms with Crippen molar-refractivity contribution in [2.24, 2.45) is 5.73 Å². The van der Waals surface area contributed by atoms with E-state index in [2.05, 4.69) is 16.7 Å². The van der Waals surface area contributed by atoms with E-state index in [1.807, 2.05) is 6.92 Å². The summed E-state index contributed by atoms with van der Waals surface area (Å²) in [6, 6.07) is 0.856. The van der Waals surface area contributed by atoms with Crippen LogP contribution in [0.5, 0.6) is 0 Å². The van der Waals surface area contributed by atoms with Crippen molar-refractivity contribution in [1.29, 1.82) is 0 Å². The molecular weight excluding hydrogens is 252 g/mol. The Hall–Kier alpha value is -0.210. The summed E-state index contributed by atoms with van der Waals surface area (Å²) in [5.74, 6) is 0. The third-order valence-corrected chi connectivity index (χ3v) is 5.00. The Balaban J connectivity index is 2.35. The summed E-state index contributed by atoms with van der Waals surface area (Å²) in [6.45, 7) is 3.45. The van der Waals surface area contributed by atoms with E-state index < -0.39 is 10.2 Å². The third-order valence-electron chi connectivity index (χ3n) is 3.47. The van der Waals surface area contributed by atoms with E-state index in [1.54, 1.807) is 7.05 Å². The number of rotatable bonds is 9. The number of nitrogens with two attached hydrogens (primary N) is 1. The zero-order chi connectivity index (χ0) is 13.8. The Morgan fingerprint density at radius 2 is 2.00 bits per heavy atom. The molecule has 0 bridgehead atoms. The molecule has 1 aliphatic rings. The van der Waals surface area contributed by atoms with Crippen molar-refractivity contribution in [1.82, 2.24) is 13.9 Å². The third kappa shape index (κ3) is 4.81. The lowest BCUT2D eigenvalue weighted by molar-refractivity contribution is 0.247. The first-order valence-corrected chi connectivity index (χ1v) is 7.95. The quantitative estimate of drug-likeness (QED) is 0.601. The molecule has 18 heavy (non-hydrogen) atoms. The molecule has 0 amide bonds. The highest BCUT2D eigenvalue weighted by Crippen LogP contribution is 2.26. The fourth-order valence-electron chi connectivity index (χ4n) is 1.76. The normalized spacial score (nSPS) is 18.6. The zero-order valence-electron chi connectivity index (χ0n) is 11.6. The van der Waals surface area contributed by atoms with Gasteiger partial charge in [0.05, 0.1) is 0 Å². The van der Waals surface area contributed by atoms with Crippen LogP contribution in [-0.4, -0.2) is 63.4 Å². The molecule has 0 aromatic carbocycles. The smallest absolute Gasteiger partial charge is 0.279 e. The van der Waals surface area contributed by atoms with Crippen molar-refractivity contribution in [3.05, 3.63) is 0 Å². The molecule has 7 heteroatoms. The molecule has 0 aromatic rings. The first kappa shape index (κ1) is 15.8. The van der Waals surface area contributed by atoms with Crippen LogP contribution < -0.4 is 10.5 Å². The predicted molar refractivity (Wildman–Crippen MR) is 73.5 cm³/mol. The molecule has 1 atom stereocenters. The van der Waals surface area contributed by atoms with Crippen LogP contribution in [0.25, 0.3) is 0 Å². The largest absolute Gasteiger partial charge is 0.330 e. The lowest BCUT2D eigenvalue weighted by Gasteiger charge is -2.26. The minimum absolute atomic E-state index is 0.218. The van der Waals surface area contributed by atoms with Gasteiger partial charge in [-0.05, 0) is 39.8 Å². The van der Waals surface area contributed by atoms with Gasteiger partial charge < -0.3 is 5.73 Å². The number of nitrogens with zero attached hydrogens (tertiary/aromatic N) is 2. The van der Waals surface area contributed by atoms with E-state index in [9.17, 15) is 8.42 Å². The van der Waals surface area contributed by atoms with Gasteiger partial charge in [0, 0.05) is 32.2 Å². The summed E-state index contributed by atoms with van der Waals surface area (Å²) in [7, 11) is 0.262. The summed E-state index contributed by atoms with van der Waals surface area (Å²) in [5, 5.41) is 0. The summed E-state index contributed by atoms with van der Waals surface area (Å²) >= 11 is 0. The molecule has 1 unspecified atom stereocenters. The van der Waals surface area contributed by atoms with E-state index in [4.69, 9.17) is 5.73 Å². The van der Waals surface area contributed by atoms with Crippen molar-refractivity contribution in [2.75, 3.05) is 33.7 Å². The van der Waals surface area contributed by atoms with Gasteiger partial charge in [-0.1, -0.05) is 0 Å². The molecule has 1 fully saturated rings. The van der Waals surface area contributed by atoms with Gasteiger partial charge in [0.2, 0.25) is 0 Å². The average molecular weight is 278 g/mol. The second kappa shape index (κ2) is 6.81. The van der Waals surface area contributed by atoms with Crippen molar-refractivity contribution in [2.45, 2.75) is 38.3 Å². The van der Waals surface area contributed by atoms with Crippen LogP contribution in [-0.2, 0) is 10.2 Å². The Labute approximate surface area is 111 Å². The van der Waals surface area contributed by atoms with E-state index in [0.29, 0.717) is 32.1 Å². The van der Waals surface area contributed by atoms with Gasteiger partial charge in [-0.2, -0.15) is 12.7 Å². The number of hydrogen-bond donors (Lipinski definition) is 2. The van der Waals surface area contributed by atoms with Crippen LogP contribution in [0.2, 0.25) is 0 Å². The lowest BCUT2D eigenvalue weighted by atomic mass is 10.3. The zero-order valence-corrected chi connectivity index (χ0v) is 12.4. The topological polar surface area (TPSA) is 78.7 Å². The maximum absolute atomic E-state index is 11.9. The fraction of sp³-hybridized carbons (Fsp3) is 1.00. The number of hydrogen-bond acceptors (Lipinski definition) is 4. The average Bonchev–Trinajstić information content (AvgIpc) is 3.16. The van der Waals surface area contributed by atoms with Crippen molar-refractivity contribution in [3.8, 4) is 0 Å². The van der Waals surface area contributed by atoms with Gasteiger partial charge in [-0.15, -0.1) is 0 Å². The molecule has 6 nitrogen and oxygen atoms in total. The molecule has 3 N–H and O–H groups in total. The Morgan fingerprint density at radius 1 is 1.39 bits per heavy atom. The van der Waals surface area contributed by atoms with E-state index in [0.717, 1.165) is 0 Å². The summed E-state index contributed by atoms with van der Waals surface area (Å²) < 4.78 is 27.8. The van der Waals surface area contributed by atoms with Crippen LogP contribution in [0.3, 0.4) is 0 Å². The minimum atomic E-state index is -3.37. The second-order valence-corrected chi connectivity index (χ2v) is 6.93. The molecule has 0 saturated heterocycles. The van der Waals surface area contributed by atoms with E-state index >= 15 is 0 Å². The molecule has 0 radical (unpaired) electrons. The number of likely N-dealkylation sites (N-methyl/N-ethyl adjacent to an activating group) is 1. The maximum atomic E-state index is 11.9. The highest BCUT2D eigenvalue weighted by molar-refractivity contribution is 7.87. The van der Waals surface area contributed by atoms with Gasteiger partial charge in [-0.25, -0.2) is 4.72 Å². The first-order chi connectivity index (χ1) is 8.38. The van der Waals surface area contributed by atoms with Gasteiger partial charge in [0.1, 0.15) is 0 Å². The molecule has 1 saturated carbocycles. The molecule has 0 heterocycles. The molecule has 1 aliphatic carbocycles. The Bertz CT molecular complexity index is 343. The van der Waals surface area contributed by atoms with E-state index in [-0.39, 0.29) is 6.04 Å². The summed E-state index contributed by atoms with van der Waals surface area (Å²) in [4.78, 5) is 2.24. The maximum Gasteiger partial charge on any atom is 0.279 e. The molecule has 0 aromatic heterocycles. The summed E-state index contributed by atoms with van der Waals surface area (Å²) in [5.41, 5.74) is 5.37. The highest BCUT2D eigenvalue weighted by Gasteiger charge is 2.29. The molecule has 0 aliphatic heterocycles. The predicted octanol–water partition coefficient (Wildman–Crippen LogP) is -0.416. The Morgan fingerprint density at radius 3 is 2.50 bits per heavy atom. The van der Waals surface area contributed by atoms with Crippen LogP contribution in [0.4, 0.5) is 0 Å². The molecular formula is C11H26N4O2S. The van der Waals surface area contributed by atoms with Crippen molar-refractivity contribution in [3.63, 3.8) is 0 Å². The minimum Gasteiger partial charge on any atom is -0.330 e. The first-order valence-electron chi connectivity index (χ1n) is 6.51. The monoisotopic (exact) mass is 278 g/mol. The SMILES string of the molecule is CC(CNS(=O)(=O)N(C)CCCN)N(C)C1CC1. The standard InChI is InChI=1S/C11H26N4O2S/c1-10(15(3)11-5-6-11)9-13-18(16,17)14(2)8-4-7-12/h10-11,13H,4-9,12H2,1-3H3. The van der Waals surface area contributed by atoms with Gasteiger partial charge in [-0.3, -0.25) is 4.90 Å². The van der Waals surface area contributed by atoms with Gasteiger partial charge in [0.25, 0.3) is 10.2 Å². The van der Waals surface area contributed by atoms with Gasteiger partial charge in [0.15, 0.2) is 0 Å². The van der Waals surface area contributed by atoms with Crippen LogP contribution in [0.1, 0.15) is 26.2 Å². The van der Waals surface area contributed by atoms with Crippen molar-refractivity contribution >= 4 is 10.2 Å². The molecule has 1 rings (SSSR count). The van der Waals surface area contributed by atoms with Crippen molar-refractivity contribution < 1.29 is 8.42 Å². The van der Waals surface area contributed by atoms with Crippen LogP contribution in [0, 0.1) is 0 Å². The lowest BCUT2D eigenvalue weighted by Crippen LogP contribution is -2.45. The Kier molecular flexibility index (Phi) is 6.00. The van der Waals surface area contributed by atoms with Crippen LogP contribution >= 0.6 is 0 Å². The summed E-state index contributed by atoms with van der Waals surface area (Å²) in [6.07, 6.45) is 3.13.